The van der Waals surface area contributed by atoms with Crippen molar-refractivity contribution in [2.75, 3.05) is 17.2 Å². The SMILES string of the molecule is CC(C)(C)OC(=O)NCC(=O)Nc1ccc(NC(=O)c2c(F)cccc2Cl)cc1. The molecule has 2 aromatic carbocycles. The molecule has 0 aliphatic carbocycles. The molecule has 29 heavy (non-hydrogen) atoms. The normalized spacial score (nSPS) is 10.8. The maximum absolute atomic E-state index is 13.8. The molecule has 0 aliphatic heterocycles. The molecule has 0 aromatic heterocycles. The van der Waals surface area contributed by atoms with Crippen LogP contribution in [-0.4, -0.2) is 30.1 Å². The Bertz CT molecular complexity index is 891. The van der Waals surface area contributed by atoms with Crippen LogP contribution in [0.3, 0.4) is 0 Å². The lowest BCUT2D eigenvalue weighted by Crippen LogP contribution is -2.37. The maximum atomic E-state index is 13.8. The first-order valence-electron chi connectivity index (χ1n) is 8.67. The molecule has 7 nitrogen and oxygen atoms in total. The third kappa shape index (κ3) is 7.08. The predicted octanol–water partition coefficient (Wildman–Crippen LogP) is 4.19. The fourth-order valence-corrected chi connectivity index (χ4v) is 2.47. The summed E-state index contributed by atoms with van der Waals surface area (Å²) in [4.78, 5) is 35.6. The monoisotopic (exact) mass is 421 g/mol. The molecule has 0 aliphatic rings. The van der Waals surface area contributed by atoms with E-state index in [0.717, 1.165) is 6.07 Å². The lowest BCUT2D eigenvalue weighted by atomic mass is 10.2. The minimum absolute atomic E-state index is 0.00358. The summed E-state index contributed by atoms with van der Waals surface area (Å²) in [5.74, 6) is -1.87. The van der Waals surface area contributed by atoms with Crippen molar-refractivity contribution < 1.29 is 23.5 Å². The molecule has 2 aromatic rings. The Labute approximate surface area is 172 Å². The number of rotatable bonds is 5. The summed E-state index contributed by atoms with van der Waals surface area (Å²) in [6.45, 7) is 4.88. The van der Waals surface area contributed by atoms with Crippen LogP contribution in [0.2, 0.25) is 5.02 Å². The molecule has 0 saturated heterocycles. The van der Waals surface area contributed by atoms with Crippen molar-refractivity contribution in [1.29, 1.82) is 0 Å². The van der Waals surface area contributed by atoms with Gasteiger partial charge in [0, 0.05) is 11.4 Å². The smallest absolute Gasteiger partial charge is 0.408 e. The summed E-state index contributed by atoms with van der Waals surface area (Å²) in [7, 11) is 0. The van der Waals surface area contributed by atoms with Crippen molar-refractivity contribution in [3.63, 3.8) is 0 Å². The van der Waals surface area contributed by atoms with Gasteiger partial charge in [-0.05, 0) is 57.2 Å². The summed E-state index contributed by atoms with van der Waals surface area (Å²) >= 11 is 5.87. The number of hydrogen-bond donors (Lipinski definition) is 3. The van der Waals surface area contributed by atoms with Gasteiger partial charge in [-0.3, -0.25) is 9.59 Å². The number of nitrogens with one attached hydrogen (secondary N) is 3. The number of halogens is 2. The zero-order chi connectivity index (χ0) is 21.6. The molecule has 3 N–H and O–H groups in total. The topological polar surface area (TPSA) is 96.5 Å². The third-order valence-electron chi connectivity index (χ3n) is 3.41. The second kappa shape index (κ2) is 9.38. The number of carbonyl (C=O) groups excluding carboxylic acids is 3. The Morgan fingerprint density at radius 1 is 1.00 bits per heavy atom. The first-order valence-corrected chi connectivity index (χ1v) is 9.05. The van der Waals surface area contributed by atoms with E-state index in [1.807, 2.05) is 0 Å². The second-order valence-electron chi connectivity index (χ2n) is 7.03. The third-order valence-corrected chi connectivity index (χ3v) is 3.72. The molecule has 0 spiro atoms. The zero-order valence-electron chi connectivity index (χ0n) is 16.1. The van der Waals surface area contributed by atoms with E-state index in [-0.39, 0.29) is 17.1 Å². The molecular weight excluding hydrogens is 401 g/mol. The lowest BCUT2D eigenvalue weighted by molar-refractivity contribution is -0.115. The van der Waals surface area contributed by atoms with Crippen molar-refractivity contribution in [2.24, 2.45) is 0 Å². The first-order chi connectivity index (χ1) is 13.5. The molecule has 0 unspecified atom stereocenters. The van der Waals surface area contributed by atoms with E-state index in [0.29, 0.717) is 11.4 Å². The van der Waals surface area contributed by atoms with Crippen molar-refractivity contribution in [3.8, 4) is 0 Å². The summed E-state index contributed by atoms with van der Waals surface area (Å²) in [5.41, 5.74) is -0.0739. The van der Waals surface area contributed by atoms with Gasteiger partial charge >= 0.3 is 6.09 Å². The molecule has 0 heterocycles. The molecule has 2 rings (SSSR count). The average Bonchev–Trinajstić information content (AvgIpc) is 2.60. The molecule has 3 amide bonds. The van der Waals surface area contributed by atoms with Crippen LogP contribution in [0.5, 0.6) is 0 Å². The van der Waals surface area contributed by atoms with Crippen LogP contribution >= 0.6 is 11.6 Å². The standard InChI is InChI=1S/C20H21ClFN3O4/c1-20(2,3)29-19(28)23-11-16(26)24-12-7-9-13(10-8-12)25-18(27)17-14(21)5-4-6-15(17)22/h4-10H,11H2,1-3H3,(H,23,28)(H,24,26)(H,25,27). The van der Waals surface area contributed by atoms with Gasteiger partial charge in [0.05, 0.1) is 10.6 Å². The molecule has 0 fully saturated rings. The van der Waals surface area contributed by atoms with Crippen molar-refractivity contribution in [3.05, 3.63) is 58.9 Å². The van der Waals surface area contributed by atoms with Gasteiger partial charge < -0.3 is 20.7 Å². The number of amides is 3. The highest BCUT2D eigenvalue weighted by molar-refractivity contribution is 6.34. The largest absolute Gasteiger partial charge is 0.444 e. The van der Waals surface area contributed by atoms with Crippen LogP contribution < -0.4 is 16.0 Å². The van der Waals surface area contributed by atoms with Crippen molar-refractivity contribution in [1.82, 2.24) is 5.32 Å². The molecule has 0 bridgehead atoms. The second-order valence-corrected chi connectivity index (χ2v) is 7.44. The Morgan fingerprint density at radius 3 is 2.14 bits per heavy atom. The average molecular weight is 422 g/mol. The lowest BCUT2D eigenvalue weighted by Gasteiger charge is -2.19. The van der Waals surface area contributed by atoms with Crippen molar-refractivity contribution >= 4 is 40.9 Å². The Kier molecular flexibility index (Phi) is 7.17. The molecule has 9 heteroatoms. The zero-order valence-corrected chi connectivity index (χ0v) is 16.9. The number of ether oxygens (including phenoxy) is 1. The van der Waals surface area contributed by atoms with E-state index in [9.17, 15) is 18.8 Å². The van der Waals surface area contributed by atoms with Crippen LogP contribution in [0.1, 0.15) is 31.1 Å². The molecule has 0 atom stereocenters. The van der Waals surface area contributed by atoms with Crippen LogP contribution in [0, 0.1) is 5.82 Å². The number of anilines is 2. The Morgan fingerprint density at radius 2 is 1.59 bits per heavy atom. The minimum Gasteiger partial charge on any atom is -0.444 e. The predicted molar refractivity (Wildman–Crippen MR) is 109 cm³/mol. The molecule has 0 radical (unpaired) electrons. The van der Waals surface area contributed by atoms with E-state index < -0.39 is 29.3 Å². The number of alkyl carbamates (subject to hydrolysis) is 1. The molecule has 0 saturated carbocycles. The van der Waals surface area contributed by atoms with E-state index in [4.69, 9.17) is 16.3 Å². The minimum atomic E-state index is -0.726. The van der Waals surface area contributed by atoms with Gasteiger partial charge in [-0.2, -0.15) is 0 Å². The summed E-state index contributed by atoms with van der Waals surface area (Å²) < 4.78 is 18.8. The summed E-state index contributed by atoms with van der Waals surface area (Å²) in [6, 6.07) is 10.1. The fraction of sp³-hybridized carbons (Fsp3) is 0.250. The van der Waals surface area contributed by atoms with E-state index in [1.54, 1.807) is 32.9 Å². The van der Waals surface area contributed by atoms with Gasteiger partial charge in [-0.1, -0.05) is 17.7 Å². The van der Waals surface area contributed by atoms with E-state index in [2.05, 4.69) is 16.0 Å². The maximum Gasteiger partial charge on any atom is 0.408 e. The highest BCUT2D eigenvalue weighted by Crippen LogP contribution is 2.21. The number of hydrogen-bond acceptors (Lipinski definition) is 4. The van der Waals surface area contributed by atoms with E-state index >= 15 is 0 Å². The van der Waals surface area contributed by atoms with Crippen molar-refractivity contribution in [2.45, 2.75) is 26.4 Å². The van der Waals surface area contributed by atoms with E-state index in [1.165, 1.54) is 24.3 Å². The molecular formula is C20H21ClFN3O4. The highest BCUT2D eigenvalue weighted by atomic mass is 35.5. The van der Waals surface area contributed by atoms with Gasteiger partial charge in [0.25, 0.3) is 5.91 Å². The Balaban J connectivity index is 1.89. The first kappa shape index (κ1) is 22.2. The quantitative estimate of drug-likeness (QED) is 0.674. The highest BCUT2D eigenvalue weighted by Gasteiger charge is 2.17. The van der Waals surface area contributed by atoms with Gasteiger partial charge in [0.2, 0.25) is 5.91 Å². The fourth-order valence-electron chi connectivity index (χ4n) is 2.22. The van der Waals surface area contributed by atoms with Gasteiger partial charge in [0.1, 0.15) is 18.0 Å². The van der Waals surface area contributed by atoms with Gasteiger partial charge in [-0.25, -0.2) is 9.18 Å². The van der Waals surface area contributed by atoms with Crippen LogP contribution in [0.15, 0.2) is 42.5 Å². The number of benzene rings is 2. The van der Waals surface area contributed by atoms with Gasteiger partial charge in [-0.15, -0.1) is 0 Å². The number of carbonyl (C=O) groups is 3. The summed E-state index contributed by atoms with van der Waals surface area (Å²) in [5, 5.41) is 7.47. The molecule has 154 valence electrons. The van der Waals surface area contributed by atoms with Gasteiger partial charge in [0.15, 0.2) is 0 Å². The van der Waals surface area contributed by atoms with Crippen LogP contribution in [0.4, 0.5) is 20.6 Å². The summed E-state index contributed by atoms with van der Waals surface area (Å²) in [6.07, 6.45) is -0.697. The van der Waals surface area contributed by atoms with Crippen LogP contribution in [-0.2, 0) is 9.53 Å². The van der Waals surface area contributed by atoms with Crippen LogP contribution in [0.25, 0.3) is 0 Å². The Hall–Kier alpha value is -3.13.